The van der Waals surface area contributed by atoms with E-state index in [0.29, 0.717) is 26.0 Å². The van der Waals surface area contributed by atoms with Crippen LogP contribution in [0.2, 0.25) is 5.02 Å². The van der Waals surface area contributed by atoms with Gasteiger partial charge in [0.1, 0.15) is 16.3 Å². The monoisotopic (exact) mass is 529 g/mol. The second kappa shape index (κ2) is 10.0. The summed E-state index contributed by atoms with van der Waals surface area (Å²) in [7, 11) is 4.57. The highest BCUT2D eigenvalue weighted by atomic mass is 35.5. The molecule has 1 aliphatic carbocycles. The van der Waals surface area contributed by atoms with Crippen molar-refractivity contribution in [2.75, 3.05) is 34.4 Å². The van der Waals surface area contributed by atoms with E-state index in [1.54, 1.807) is 18.7 Å². The molecule has 2 N–H and O–H groups in total. The third-order valence-electron chi connectivity index (χ3n) is 6.55. The van der Waals surface area contributed by atoms with Crippen LogP contribution < -0.4 is 15.5 Å². The molecule has 1 saturated carbocycles. The van der Waals surface area contributed by atoms with Crippen LogP contribution in [0.5, 0.6) is 11.5 Å². The molecule has 0 atom stereocenters. The van der Waals surface area contributed by atoms with Crippen LogP contribution in [0.25, 0.3) is 0 Å². The Labute approximate surface area is 212 Å². The molecular formula is C23H26Cl2FN3O6. The van der Waals surface area contributed by atoms with Gasteiger partial charge in [-0.25, -0.2) is 4.39 Å². The molecule has 1 aromatic heterocycles. The van der Waals surface area contributed by atoms with E-state index in [2.05, 4.69) is 5.32 Å². The van der Waals surface area contributed by atoms with Gasteiger partial charge in [-0.3, -0.25) is 14.4 Å². The number of aromatic hydroxyl groups is 1. The minimum absolute atomic E-state index is 0. The van der Waals surface area contributed by atoms with Gasteiger partial charge in [-0.05, 0) is 24.8 Å². The van der Waals surface area contributed by atoms with Crippen LogP contribution in [-0.2, 0) is 16.8 Å². The van der Waals surface area contributed by atoms with Crippen LogP contribution in [-0.4, -0.2) is 60.8 Å². The summed E-state index contributed by atoms with van der Waals surface area (Å²) in [6.45, 7) is 0.668. The predicted octanol–water partition coefficient (Wildman–Crippen LogP) is 2.54. The number of carbonyl (C=O) groups is 2. The molecule has 0 saturated heterocycles. The predicted molar refractivity (Wildman–Crippen MR) is 128 cm³/mol. The number of methoxy groups -OCH3 is 2. The molecule has 2 aromatic rings. The van der Waals surface area contributed by atoms with Crippen molar-refractivity contribution in [2.24, 2.45) is 5.92 Å². The fourth-order valence-corrected chi connectivity index (χ4v) is 5.20. The Morgan fingerprint density at radius 2 is 2.00 bits per heavy atom. The lowest BCUT2D eigenvalue weighted by Crippen LogP contribution is -2.60. The number of aromatic nitrogens is 1. The zero-order valence-corrected chi connectivity index (χ0v) is 21.0. The second-order valence-electron chi connectivity index (χ2n) is 8.79. The van der Waals surface area contributed by atoms with Gasteiger partial charge in [0.2, 0.25) is 5.43 Å². The van der Waals surface area contributed by atoms with Crippen LogP contribution in [0, 0.1) is 11.7 Å². The van der Waals surface area contributed by atoms with Crippen LogP contribution in [0.3, 0.4) is 0 Å². The maximum absolute atomic E-state index is 14.5. The van der Waals surface area contributed by atoms with Gasteiger partial charge in [-0.15, -0.1) is 12.4 Å². The highest BCUT2D eigenvalue weighted by Crippen LogP contribution is 2.48. The first kappa shape index (κ1) is 26.8. The van der Waals surface area contributed by atoms with E-state index in [1.165, 1.54) is 30.3 Å². The van der Waals surface area contributed by atoms with Gasteiger partial charge in [-0.1, -0.05) is 17.7 Å². The van der Waals surface area contributed by atoms with Crippen molar-refractivity contribution in [2.45, 2.75) is 24.9 Å². The minimum Gasteiger partial charge on any atom is -0.503 e. The van der Waals surface area contributed by atoms with Crippen LogP contribution >= 0.6 is 24.0 Å². The molecule has 190 valence electrons. The first-order valence-corrected chi connectivity index (χ1v) is 11.0. The van der Waals surface area contributed by atoms with Gasteiger partial charge in [0.25, 0.3) is 11.8 Å². The number of amides is 2. The molecule has 0 bridgehead atoms. The fraction of sp³-hybridized carbons (Fsp3) is 0.435. The highest BCUT2D eigenvalue weighted by Gasteiger charge is 2.51. The number of fused-ring (bicyclic) bond motifs is 2. The van der Waals surface area contributed by atoms with Crippen molar-refractivity contribution in [3.63, 3.8) is 0 Å². The van der Waals surface area contributed by atoms with Gasteiger partial charge in [0.15, 0.2) is 17.3 Å². The lowest BCUT2D eigenvalue weighted by atomic mass is 9.67. The van der Waals surface area contributed by atoms with Crippen LogP contribution in [0.15, 0.2) is 23.1 Å². The SMILES string of the molecule is COCC1CC2(C1)CN(C)C(=O)c1c(O)c(=O)c(C(=O)NCc3ccc(OC)c(Cl)c3F)cn12.Cl. The van der Waals surface area contributed by atoms with Crippen molar-refractivity contribution >= 4 is 35.8 Å². The summed E-state index contributed by atoms with van der Waals surface area (Å²) in [4.78, 5) is 39.9. The van der Waals surface area contributed by atoms with Gasteiger partial charge < -0.3 is 29.4 Å². The Bertz CT molecular complexity index is 1230. The van der Waals surface area contributed by atoms with Crippen molar-refractivity contribution in [1.29, 1.82) is 0 Å². The lowest BCUT2D eigenvalue weighted by Gasteiger charge is -2.54. The molecule has 9 nitrogen and oxygen atoms in total. The molecule has 12 heteroatoms. The molecule has 2 heterocycles. The number of halogens is 3. The summed E-state index contributed by atoms with van der Waals surface area (Å²) in [6.07, 6.45) is 2.63. The van der Waals surface area contributed by atoms with Gasteiger partial charge >= 0.3 is 0 Å². The summed E-state index contributed by atoms with van der Waals surface area (Å²) in [5, 5.41) is 12.9. The number of carbonyl (C=O) groups excluding carboxylic acids is 2. The smallest absolute Gasteiger partial charge is 0.274 e. The normalized spacial score (nSPS) is 20.7. The maximum Gasteiger partial charge on any atom is 0.274 e. The highest BCUT2D eigenvalue weighted by molar-refractivity contribution is 6.32. The Morgan fingerprint density at radius 3 is 2.63 bits per heavy atom. The number of benzene rings is 1. The van der Waals surface area contributed by atoms with Gasteiger partial charge in [-0.2, -0.15) is 0 Å². The van der Waals surface area contributed by atoms with E-state index in [4.69, 9.17) is 21.1 Å². The number of rotatable bonds is 6. The lowest BCUT2D eigenvalue weighted by molar-refractivity contribution is -0.0190. The maximum atomic E-state index is 14.5. The Balaban J connectivity index is 0.00000342. The van der Waals surface area contributed by atoms with E-state index < -0.39 is 34.3 Å². The topological polar surface area (TPSA) is 110 Å². The summed E-state index contributed by atoms with van der Waals surface area (Å²) >= 11 is 5.93. The third kappa shape index (κ3) is 4.46. The molecule has 35 heavy (non-hydrogen) atoms. The number of nitrogens with zero attached hydrogens (tertiary/aromatic N) is 2. The Kier molecular flexibility index (Phi) is 7.68. The van der Waals surface area contributed by atoms with Crippen LogP contribution in [0.4, 0.5) is 4.39 Å². The number of pyridine rings is 1. The number of nitrogens with one attached hydrogen (secondary N) is 1. The first-order valence-electron chi connectivity index (χ1n) is 10.7. The molecular weight excluding hydrogens is 504 g/mol. The van der Waals surface area contributed by atoms with E-state index in [-0.39, 0.29) is 52.5 Å². The zero-order chi connectivity index (χ0) is 24.8. The fourth-order valence-electron chi connectivity index (χ4n) is 4.94. The summed E-state index contributed by atoms with van der Waals surface area (Å²) in [5.41, 5.74) is -1.91. The minimum atomic E-state index is -0.969. The molecule has 1 fully saturated rings. The molecule has 2 amide bonds. The second-order valence-corrected chi connectivity index (χ2v) is 9.17. The summed E-state index contributed by atoms with van der Waals surface area (Å²) in [5.74, 6) is -2.44. The van der Waals surface area contributed by atoms with Crippen molar-refractivity contribution in [3.8, 4) is 11.5 Å². The van der Waals surface area contributed by atoms with E-state index in [9.17, 15) is 23.9 Å². The Morgan fingerprint density at radius 1 is 1.31 bits per heavy atom. The average molecular weight is 530 g/mol. The molecule has 1 aromatic carbocycles. The molecule has 1 aliphatic heterocycles. The summed E-state index contributed by atoms with van der Waals surface area (Å²) in [6, 6.07) is 2.87. The van der Waals surface area contributed by atoms with E-state index in [0.717, 1.165) is 0 Å². The molecule has 4 rings (SSSR count). The zero-order valence-electron chi connectivity index (χ0n) is 19.4. The van der Waals surface area contributed by atoms with Crippen molar-refractivity contribution in [3.05, 3.63) is 56.2 Å². The van der Waals surface area contributed by atoms with Crippen molar-refractivity contribution < 1.29 is 28.6 Å². The van der Waals surface area contributed by atoms with Crippen molar-refractivity contribution in [1.82, 2.24) is 14.8 Å². The first-order chi connectivity index (χ1) is 16.1. The molecule has 1 spiro atoms. The van der Waals surface area contributed by atoms with Crippen LogP contribution in [0.1, 0.15) is 39.3 Å². The van der Waals surface area contributed by atoms with E-state index >= 15 is 0 Å². The van der Waals surface area contributed by atoms with Gasteiger partial charge in [0.05, 0.1) is 12.6 Å². The molecule has 0 unspecified atom stereocenters. The third-order valence-corrected chi connectivity index (χ3v) is 6.90. The number of hydrogen-bond acceptors (Lipinski definition) is 6. The Hall–Kier alpha value is -2.82. The molecule has 0 radical (unpaired) electrons. The molecule has 2 aliphatic rings. The number of likely N-dealkylation sites (N-methyl/N-ethyl adjacent to an activating group) is 1. The largest absolute Gasteiger partial charge is 0.503 e. The average Bonchev–Trinajstić information content (AvgIpc) is 2.78. The number of hydrogen-bond donors (Lipinski definition) is 2. The quantitative estimate of drug-likeness (QED) is 0.594. The summed E-state index contributed by atoms with van der Waals surface area (Å²) < 4.78 is 26.2. The van der Waals surface area contributed by atoms with Gasteiger partial charge in [0, 0.05) is 45.6 Å². The van der Waals surface area contributed by atoms with E-state index in [1.807, 2.05) is 0 Å². The standard InChI is InChI=1S/C23H25ClFN3O6.ClH/c1-27-11-23(6-12(7-23)10-33-2)28-9-14(19(29)20(30)18(28)22(27)32)21(31)26-8-13-4-5-15(34-3)16(24)17(13)25;/h4-5,9,12,30H,6-8,10-11H2,1-3H3,(H,26,31);1H. The number of ether oxygens (including phenoxy) is 2.